The molecule has 2 aromatic carbocycles. The van der Waals surface area contributed by atoms with Crippen molar-refractivity contribution in [1.29, 1.82) is 5.26 Å². The molecule has 6 heteroatoms. The number of halogens is 1. The molecule has 0 saturated heterocycles. The van der Waals surface area contributed by atoms with Crippen LogP contribution in [0.4, 0.5) is 0 Å². The summed E-state index contributed by atoms with van der Waals surface area (Å²) in [6.45, 7) is 6.45. The molecule has 0 bridgehead atoms. The summed E-state index contributed by atoms with van der Waals surface area (Å²) in [7, 11) is 0. The van der Waals surface area contributed by atoms with Gasteiger partial charge in [-0.15, -0.1) is 0 Å². The summed E-state index contributed by atoms with van der Waals surface area (Å²) in [5.41, 5.74) is 1.51. The van der Waals surface area contributed by atoms with Crippen LogP contribution in [0.5, 0.6) is 11.5 Å². The van der Waals surface area contributed by atoms with E-state index in [9.17, 15) is 10.1 Å². The number of hydrogen-bond acceptors (Lipinski definition) is 4. The molecule has 0 unspecified atom stereocenters. The normalized spacial score (nSPS) is 12.0. The molecule has 0 aromatic heterocycles. The Hall–Kier alpha value is -2.97. The lowest BCUT2D eigenvalue weighted by molar-refractivity contribution is -0.117. The molecule has 0 aliphatic rings. The zero-order valence-electron chi connectivity index (χ0n) is 16.2. The Balaban J connectivity index is 2.28. The Labute approximate surface area is 170 Å². The van der Waals surface area contributed by atoms with Crippen molar-refractivity contribution in [3.05, 3.63) is 64.2 Å². The molecule has 0 heterocycles. The fraction of sp³-hybridized carbons (Fsp3) is 0.273. The number of rotatable bonds is 8. The van der Waals surface area contributed by atoms with E-state index in [0.29, 0.717) is 35.3 Å². The Morgan fingerprint density at radius 1 is 1.21 bits per heavy atom. The van der Waals surface area contributed by atoms with Gasteiger partial charge in [-0.25, -0.2) is 0 Å². The smallest absolute Gasteiger partial charge is 0.262 e. The highest BCUT2D eigenvalue weighted by Gasteiger charge is 2.16. The monoisotopic (exact) mass is 398 g/mol. The molecule has 0 radical (unpaired) electrons. The zero-order valence-corrected chi connectivity index (χ0v) is 16.9. The quantitative estimate of drug-likeness (QED) is 0.506. The Morgan fingerprint density at radius 3 is 2.50 bits per heavy atom. The van der Waals surface area contributed by atoms with Crippen molar-refractivity contribution in [2.24, 2.45) is 0 Å². The van der Waals surface area contributed by atoms with Crippen LogP contribution in [0.3, 0.4) is 0 Å². The molecule has 28 heavy (non-hydrogen) atoms. The van der Waals surface area contributed by atoms with Crippen molar-refractivity contribution < 1.29 is 14.3 Å². The summed E-state index contributed by atoms with van der Waals surface area (Å²) in [4.78, 5) is 12.5. The molecule has 1 N–H and O–H groups in total. The van der Waals surface area contributed by atoms with Crippen LogP contribution in [0, 0.1) is 11.3 Å². The first-order valence-electron chi connectivity index (χ1n) is 9.06. The third-order valence-corrected chi connectivity index (χ3v) is 4.22. The van der Waals surface area contributed by atoms with Gasteiger partial charge in [-0.2, -0.15) is 5.26 Å². The van der Waals surface area contributed by atoms with E-state index >= 15 is 0 Å². The topological polar surface area (TPSA) is 71.3 Å². The van der Waals surface area contributed by atoms with E-state index in [0.717, 1.165) is 5.56 Å². The maximum Gasteiger partial charge on any atom is 0.262 e. The van der Waals surface area contributed by atoms with Gasteiger partial charge in [-0.3, -0.25) is 4.79 Å². The van der Waals surface area contributed by atoms with Crippen LogP contribution in [0.15, 0.2) is 48.0 Å². The number of nitriles is 1. The standard InChI is InChI=1S/C22H23ClN2O3/c1-4-27-20-13-16(12-19(23)21(20)28-5-2)11-18(14-24)22(26)25-15(3)17-9-7-6-8-10-17/h6-13,15H,4-5H2,1-3H3,(H,25,26)/b18-11-/t15-/m0/s1. The largest absolute Gasteiger partial charge is 0.490 e. The molecule has 0 spiro atoms. The highest BCUT2D eigenvalue weighted by Crippen LogP contribution is 2.37. The molecule has 0 fully saturated rings. The number of carbonyl (C=O) groups excluding carboxylic acids is 1. The van der Waals surface area contributed by atoms with Crippen LogP contribution in [-0.4, -0.2) is 19.1 Å². The van der Waals surface area contributed by atoms with Gasteiger partial charge in [0.2, 0.25) is 0 Å². The minimum Gasteiger partial charge on any atom is -0.490 e. The molecule has 2 aromatic rings. The predicted molar refractivity (Wildman–Crippen MR) is 110 cm³/mol. The summed E-state index contributed by atoms with van der Waals surface area (Å²) < 4.78 is 11.1. The number of benzene rings is 2. The number of nitrogens with zero attached hydrogens (tertiary/aromatic N) is 1. The maximum absolute atomic E-state index is 12.5. The highest BCUT2D eigenvalue weighted by molar-refractivity contribution is 6.32. The minimum atomic E-state index is -0.457. The second-order valence-corrected chi connectivity index (χ2v) is 6.38. The lowest BCUT2D eigenvalue weighted by Gasteiger charge is -2.15. The zero-order chi connectivity index (χ0) is 20.5. The number of nitrogens with one attached hydrogen (secondary N) is 1. The second-order valence-electron chi connectivity index (χ2n) is 5.97. The molecule has 1 amide bonds. The van der Waals surface area contributed by atoms with E-state index in [1.807, 2.05) is 57.2 Å². The van der Waals surface area contributed by atoms with Crippen LogP contribution >= 0.6 is 11.6 Å². The van der Waals surface area contributed by atoms with Gasteiger partial charge < -0.3 is 14.8 Å². The van der Waals surface area contributed by atoms with Crippen molar-refractivity contribution in [1.82, 2.24) is 5.32 Å². The summed E-state index contributed by atoms with van der Waals surface area (Å²) >= 11 is 6.30. The van der Waals surface area contributed by atoms with Gasteiger partial charge in [-0.05, 0) is 50.1 Å². The summed E-state index contributed by atoms with van der Waals surface area (Å²) in [6.07, 6.45) is 1.48. The summed E-state index contributed by atoms with van der Waals surface area (Å²) in [5, 5.41) is 12.6. The van der Waals surface area contributed by atoms with Crippen LogP contribution in [0.2, 0.25) is 5.02 Å². The van der Waals surface area contributed by atoms with E-state index in [-0.39, 0.29) is 11.6 Å². The average Bonchev–Trinajstić information content (AvgIpc) is 2.69. The average molecular weight is 399 g/mol. The molecular weight excluding hydrogens is 376 g/mol. The first kappa shape index (κ1) is 21.3. The molecule has 0 aliphatic carbocycles. The first-order chi connectivity index (χ1) is 13.5. The van der Waals surface area contributed by atoms with Gasteiger partial charge in [0, 0.05) is 0 Å². The van der Waals surface area contributed by atoms with Crippen LogP contribution in [-0.2, 0) is 4.79 Å². The lowest BCUT2D eigenvalue weighted by atomic mass is 10.1. The van der Waals surface area contributed by atoms with Crippen molar-refractivity contribution >= 4 is 23.6 Å². The molecule has 0 aliphatic heterocycles. The molecule has 0 saturated carbocycles. The van der Waals surface area contributed by atoms with E-state index in [2.05, 4.69) is 5.32 Å². The van der Waals surface area contributed by atoms with E-state index in [1.165, 1.54) is 6.08 Å². The molecule has 5 nitrogen and oxygen atoms in total. The Morgan fingerprint density at radius 2 is 1.89 bits per heavy atom. The van der Waals surface area contributed by atoms with Gasteiger partial charge in [0.1, 0.15) is 11.6 Å². The maximum atomic E-state index is 12.5. The van der Waals surface area contributed by atoms with Gasteiger partial charge in [-0.1, -0.05) is 41.9 Å². The number of hydrogen-bond donors (Lipinski definition) is 1. The summed E-state index contributed by atoms with van der Waals surface area (Å²) in [6, 6.07) is 14.6. The van der Waals surface area contributed by atoms with Gasteiger partial charge >= 0.3 is 0 Å². The van der Waals surface area contributed by atoms with Gasteiger partial charge in [0.05, 0.1) is 24.3 Å². The van der Waals surface area contributed by atoms with Crippen LogP contribution in [0.1, 0.15) is 37.9 Å². The molecule has 146 valence electrons. The van der Waals surface area contributed by atoms with Gasteiger partial charge in [0.15, 0.2) is 11.5 Å². The summed E-state index contributed by atoms with van der Waals surface area (Å²) in [5.74, 6) is 0.462. The van der Waals surface area contributed by atoms with E-state index in [4.69, 9.17) is 21.1 Å². The van der Waals surface area contributed by atoms with Crippen LogP contribution in [0.25, 0.3) is 6.08 Å². The van der Waals surface area contributed by atoms with Crippen LogP contribution < -0.4 is 14.8 Å². The van der Waals surface area contributed by atoms with Crippen molar-refractivity contribution in [2.45, 2.75) is 26.8 Å². The van der Waals surface area contributed by atoms with E-state index < -0.39 is 5.91 Å². The predicted octanol–water partition coefficient (Wildman–Crippen LogP) is 4.92. The third kappa shape index (κ3) is 5.51. The number of ether oxygens (including phenoxy) is 2. The Bertz CT molecular complexity index is 889. The number of carbonyl (C=O) groups is 1. The molecule has 1 atom stereocenters. The molecule has 2 rings (SSSR count). The fourth-order valence-electron chi connectivity index (χ4n) is 2.63. The van der Waals surface area contributed by atoms with E-state index in [1.54, 1.807) is 12.1 Å². The molecular formula is C22H23ClN2O3. The lowest BCUT2D eigenvalue weighted by Crippen LogP contribution is -2.27. The third-order valence-electron chi connectivity index (χ3n) is 3.94. The SMILES string of the molecule is CCOc1cc(/C=C(/C#N)C(=O)N[C@@H](C)c2ccccc2)cc(Cl)c1OCC. The number of amides is 1. The van der Waals surface area contributed by atoms with Crippen molar-refractivity contribution in [3.63, 3.8) is 0 Å². The van der Waals surface area contributed by atoms with Crippen molar-refractivity contribution in [2.75, 3.05) is 13.2 Å². The van der Waals surface area contributed by atoms with Gasteiger partial charge in [0.25, 0.3) is 5.91 Å². The fourth-order valence-corrected chi connectivity index (χ4v) is 2.91. The second kappa shape index (κ2) is 10.4. The minimum absolute atomic E-state index is 0.0227. The van der Waals surface area contributed by atoms with Crippen molar-refractivity contribution in [3.8, 4) is 17.6 Å². The first-order valence-corrected chi connectivity index (χ1v) is 9.44. The highest BCUT2D eigenvalue weighted by atomic mass is 35.5. The Kier molecular flexibility index (Phi) is 7.91.